The van der Waals surface area contributed by atoms with Crippen molar-refractivity contribution in [3.05, 3.63) is 58.6 Å². The molecule has 132 valence electrons. The van der Waals surface area contributed by atoms with E-state index in [9.17, 15) is 9.59 Å². The number of halogens is 1. The third-order valence-electron chi connectivity index (χ3n) is 3.46. The maximum absolute atomic E-state index is 11.9. The summed E-state index contributed by atoms with van der Waals surface area (Å²) >= 11 is 5.83. The average Bonchev–Trinajstić information content (AvgIpc) is 2.61. The van der Waals surface area contributed by atoms with Gasteiger partial charge in [0.2, 0.25) is 0 Å². The molecule has 3 N–H and O–H groups in total. The summed E-state index contributed by atoms with van der Waals surface area (Å²) in [5.74, 6) is -0.469. The fraction of sp³-hybridized carbons (Fsp3) is 0.222. The summed E-state index contributed by atoms with van der Waals surface area (Å²) in [4.78, 5) is 23.4. The lowest BCUT2D eigenvalue weighted by Gasteiger charge is -2.13. The van der Waals surface area contributed by atoms with Crippen LogP contribution in [-0.2, 0) is 11.2 Å². The number of primary amides is 1. The highest BCUT2D eigenvalue weighted by Gasteiger charge is 2.16. The molecule has 2 aromatic rings. The average molecular weight is 363 g/mol. The standard InChI is InChI=1S/C18H19ClN2O4/c1-24-15-4-2-3-14(18(20)23)17(15)25-11-16(22)21-10-9-12-5-7-13(19)8-6-12/h2-8H,9-11H2,1H3,(H2,20,23)(H,21,22). The maximum Gasteiger partial charge on any atom is 0.257 e. The van der Waals surface area contributed by atoms with Crippen LogP contribution in [0, 0.1) is 0 Å². The van der Waals surface area contributed by atoms with Crippen LogP contribution in [0.15, 0.2) is 42.5 Å². The van der Waals surface area contributed by atoms with Crippen molar-refractivity contribution in [3.63, 3.8) is 0 Å². The molecule has 0 radical (unpaired) electrons. The van der Waals surface area contributed by atoms with Gasteiger partial charge in [0.1, 0.15) is 0 Å². The summed E-state index contributed by atoms with van der Waals surface area (Å²) in [5, 5.41) is 3.42. The van der Waals surface area contributed by atoms with Gasteiger partial charge in [-0.3, -0.25) is 9.59 Å². The number of nitrogens with two attached hydrogens (primary N) is 1. The molecule has 25 heavy (non-hydrogen) atoms. The first-order valence-corrected chi connectivity index (χ1v) is 8.00. The van der Waals surface area contributed by atoms with E-state index in [1.165, 1.54) is 13.2 Å². The molecule has 0 fully saturated rings. The Kier molecular flexibility index (Phi) is 6.65. The summed E-state index contributed by atoms with van der Waals surface area (Å²) in [6.07, 6.45) is 0.671. The first-order chi connectivity index (χ1) is 12.0. The first kappa shape index (κ1) is 18.6. The van der Waals surface area contributed by atoms with Crippen LogP contribution in [0.2, 0.25) is 5.02 Å². The van der Waals surface area contributed by atoms with Crippen LogP contribution in [0.25, 0.3) is 0 Å². The van der Waals surface area contributed by atoms with Crippen molar-refractivity contribution in [1.29, 1.82) is 0 Å². The quantitative estimate of drug-likeness (QED) is 0.753. The number of hydrogen-bond donors (Lipinski definition) is 2. The molecule has 0 aromatic heterocycles. The molecule has 0 saturated heterocycles. The Morgan fingerprint density at radius 3 is 2.52 bits per heavy atom. The number of nitrogens with one attached hydrogen (secondary N) is 1. The Labute approximate surface area is 150 Å². The summed E-state index contributed by atoms with van der Waals surface area (Å²) in [7, 11) is 1.44. The minimum Gasteiger partial charge on any atom is -0.493 e. The molecular formula is C18H19ClN2O4. The van der Waals surface area contributed by atoms with E-state index in [0.29, 0.717) is 23.7 Å². The van der Waals surface area contributed by atoms with Crippen molar-refractivity contribution in [2.24, 2.45) is 5.73 Å². The van der Waals surface area contributed by atoms with Gasteiger partial charge in [0.15, 0.2) is 18.1 Å². The van der Waals surface area contributed by atoms with Gasteiger partial charge >= 0.3 is 0 Å². The molecule has 7 heteroatoms. The topological polar surface area (TPSA) is 90.7 Å². The van der Waals surface area contributed by atoms with Gasteiger partial charge in [0.05, 0.1) is 12.7 Å². The lowest BCUT2D eigenvalue weighted by molar-refractivity contribution is -0.123. The molecule has 0 atom stereocenters. The molecule has 6 nitrogen and oxygen atoms in total. The van der Waals surface area contributed by atoms with Crippen molar-refractivity contribution >= 4 is 23.4 Å². The third kappa shape index (κ3) is 5.39. The van der Waals surface area contributed by atoms with Gasteiger partial charge in [0, 0.05) is 11.6 Å². The number of amides is 2. The molecule has 0 bridgehead atoms. The highest BCUT2D eigenvalue weighted by molar-refractivity contribution is 6.30. The predicted molar refractivity (Wildman–Crippen MR) is 95.2 cm³/mol. The van der Waals surface area contributed by atoms with Crippen molar-refractivity contribution < 1.29 is 19.1 Å². The van der Waals surface area contributed by atoms with Crippen LogP contribution < -0.4 is 20.5 Å². The number of benzene rings is 2. The van der Waals surface area contributed by atoms with E-state index >= 15 is 0 Å². The lowest BCUT2D eigenvalue weighted by atomic mass is 10.1. The Bertz CT molecular complexity index is 747. The number of para-hydroxylation sites is 1. The van der Waals surface area contributed by atoms with E-state index in [-0.39, 0.29) is 23.8 Å². The predicted octanol–water partition coefficient (Wildman–Crippen LogP) is 2.19. The summed E-state index contributed by atoms with van der Waals surface area (Å²) in [5.41, 5.74) is 6.54. The Hall–Kier alpha value is -2.73. The van der Waals surface area contributed by atoms with E-state index in [2.05, 4.69) is 5.32 Å². The molecule has 0 aliphatic heterocycles. The second-order valence-electron chi connectivity index (χ2n) is 5.22. The van der Waals surface area contributed by atoms with E-state index in [1.54, 1.807) is 24.3 Å². The van der Waals surface area contributed by atoms with Crippen LogP contribution in [0.5, 0.6) is 11.5 Å². The van der Waals surface area contributed by atoms with Crippen LogP contribution in [0.3, 0.4) is 0 Å². The zero-order valence-corrected chi connectivity index (χ0v) is 14.5. The zero-order valence-electron chi connectivity index (χ0n) is 13.8. The zero-order chi connectivity index (χ0) is 18.2. The minimum absolute atomic E-state index is 0.158. The maximum atomic E-state index is 11.9. The van der Waals surface area contributed by atoms with Crippen LogP contribution in [0.4, 0.5) is 0 Å². The largest absolute Gasteiger partial charge is 0.493 e. The smallest absolute Gasteiger partial charge is 0.257 e. The molecule has 0 aliphatic carbocycles. The monoisotopic (exact) mass is 362 g/mol. The molecule has 0 saturated carbocycles. The molecule has 0 heterocycles. The third-order valence-corrected chi connectivity index (χ3v) is 3.71. The number of ether oxygens (including phenoxy) is 2. The molecule has 2 rings (SSSR count). The number of rotatable bonds is 8. The lowest BCUT2D eigenvalue weighted by Crippen LogP contribution is -2.31. The number of hydrogen-bond acceptors (Lipinski definition) is 4. The van der Waals surface area contributed by atoms with Gasteiger partial charge in [-0.05, 0) is 36.2 Å². The normalized spacial score (nSPS) is 10.2. The molecule has 0 aliphatic rings. The highest BCUT2D eigenvalue weighted by Crippen LogP contribution is 2.30. The van der Waals surface area contributed by atoms with Gasteiger partial charge in [0.25, 0.3) is 11.8 Å². The summed E-state index contributed by atoms with van der Waals surface area (Å²) < 4.78 is 10.6. The second-order valence-corrected chi connectivity index (χ2v) is 5.65. The van der Waals surface area contributed by atoms with Gasteiger partial charge in [-0.1, -0.05) is 29.8 Å². The second kappa shape index (κ2) is 8.94. The number of carbonyl (C=O) groups is 2. The minimum atomic E-state index is -0.656. The van der Waals surface area contributed by atoms with Crippen LogP contribution in [-0.4, -0.2) is 32.1 Å². The van der Waals surface area contributed by atoms with Gasteiger partial charge in [-0.2, -0.15) is 0 Å². The van der Waals surface area contributed by atoms with E-state index in [1.807, 2.05) is 12.1 Å². The molecule has 2 amide bonds. The fourth-order valence-corrected chi connectivity index (χ4v) is 2.33. The Morgan fingerprint density at radius 2 is 1.88 bits per heavy atom. The summed E-state index contributed by atoms with van der Waals surface area (Å²) in [6, 6.07) is 12.2. The molecule has 0 unspecified atom stereocenters. The molecule has 2 aromatic carbocycles. The van der Waals surface area contributed by atoms with Crippen molar-refractivity contribution in [2.45, 2.75) is 6.42 Å². The van der Waals surface area contributed by atoms with E-state index < -0.39 is 5.91 Å². The van der Waals surface area contributed by atoms with Gasteiger partial charge < -0.3 is 20.5 Å². The molecular weight excluding hydrogens is 344 g/mol. The number of methoxy groups -OCH3 is 1. The van der Waals surface area contributed by atoms with Gasteiger partial charge in [-0.15, -0.1) is 0 Å². The Balaban J connectivity index is 1.87. The van der Waals surface area contributed by atoms with Crippen molar-refractivity contribution in [1.82, 2.24) is 5.32 Å². The van der Waals surface area contributed by atoms with Crippen LogP contribution in [0.1, 0.15) is 15.9 Å². The van der Waals surface area contributed by atoms with E-state index in [4.69, 9.17) is 26.8 Å². The van der Waals surface area contributed by atoms with Crippen molar-refractivity contribution in [2.75, 3.05) is 20.3 Å². The number of carbonyl (C=O) groups excluding carboxylic acids is 2. The first-order valence-electron chi connectivity index (χ1n) is 7.62. The highest BCUT2D eigenvalue weighted by atomic mass is 35.5. The van der Waals surface area contributed by atoms with Crippen molar-refractivity contribution in [3.8, 4) is 11.5 Å². The fourth-order valence-electron chi connectivity index (χ4n) is 2.21. The molecule has 0 spiro atoms. The summed E-state index contributed by atoms with van der Waals surface area (Å²) in [6.45, 7) is 0.208. The SMILES string of the molecule is COc1cccc(C(N)=O)c1OCC(=O)NCCc1ccc(Cl)cc1. The van der Waals surface area contributed by atoms with Gasteiger partial charge in [-0.25, -0.2) is 0 Å². The Morgan fingerprint density at radius 1 is 1.16 bits per heavy atom. The van der Waals surface area contributed by atoms with Crippen LogP contribution >= 0.6 is 11.6 Å². The van der Waals surface area contributed by atoms with E-state index in [0.717, 1.165) is 5.56 Å².